The van der Waals surface area contributed by atoms with Crippen molar-refractivity contribution in [1.82, 2.24) is 0 Å². The fraction of sp³-hybridized carbons (Fsp3) is 0.294. The van der Waals surface area contributed by atoms with Gasteiger partial charge in [0.05, 0.1) is 11.5 Å². The van der Waals surface area contributed by atoms with Crippen LogP contribution in [0.5, 0.6) is 5.75 Å². The molecule has 0 saturated carbocycles. The van der Waals surface area contributed by atoms with Gasteiger partial charge in [-0.05, 0) is 42.8 Å². The van der Waals surface area contributed by atoms with E-state index in [1.165, 1.54) is 24.3 Å². The molecule has 0 amide bonds. The quantitative estimate of drug-likeness (QED) is 0.679. The molecule has 0 atom stereocenters. The molecule has 2 aromatic rings. The summed E-state index contributed by atoms with van der Waals surface area (Å²) in [5, 5.41) is 0. The zero-order chi connectivity index (χ0) is 17.6. The van der Waals surface area contributed by atoms with E-state index in [0.717, 1.165) is 17.9 Å². The van der Waals surface area contributed by atoms with Crippen molar-refractivity contribution in [3.8, 4) is 5.75 Å². The summed E-state index contributed by atoms with van der Waals surface area (Å²) in [7, 11) is -2.70. The number of halogens is 2. The van der Waals surface area contributed by atoms with Crippen LogP contribution in [0.15, 0.2) is 59.5 Å². The predicted molar refractivity (Wildman–Crippen MR) is 89.5 cm³/mol. The molecule has 0 unspecified atom stereocenters. The third-order valence-corrected chi connectivity index (χ3v) is 4.89. The van der Waals surface area contributed by atoms with Gasteiger partial charge in [0.15, 0.2) is 0 Å². The summed E-state index contributed by atoms with van der Waals surface area (Å²) in [5.74, 6) is -2.60. The minimum absolute atomic E-state index is 0.373. The number of para-hydroxylation sites is 1. The van der Waals surface area contributed by atoms with Crippen molar-refractivity contribution in [1.29, 1.82) is 0 Å². The van der Waals surface area contributed by atoms with E-state index in [2.05, 4.69) is 0 Å². The summed E-state index contributed by atoms with van der Waals surface area (Å²) >= 11 is 0. The van der Waals surface area contributed by atoms with E-state index in [1.807, 2.05) is 42.3 Å². The van der Waals surface area contributed by atoms with Crippen LogP contribution in [0, 0.1) is 0 Å². The molecule has 0 saturated heterocycles. The minimum atomic E-state index is -4.54. The molecule has 0 heterocycles. The average Bonchev–Trinajstić information content (AvgIpc) is 2.59. The number of hydrogen-bond donors (Lipinski definition) is 0. The molecule has 0 aromatic heterocycles. The molecule has 0 fully saturated rings. The molecule has 0 radical (unpaired) electrons. The molecule has 0 N–H and O–H groups in total. The number of anilines is 1. The summed E-state index contributed by atoms with van der Waals surface area (Å²) in [5.41, 5.74) is 0.753. The van der Waals surface area contributed by atoms with Crippen molar-refractivity contribution >= 4 is 15.5 Å². The van der Waals surface area contributed by atoms with E-state index < -0.39 is 15.6 Å². The summed E-state index contributed by atoms with van der Waals surface area (Å²) in [6.45, 7) is 1.24. The number of alkyl halides is 2. The van der Waals surface area contributed by atoms with Crippen LogP contribution in [0.3, 0.4) is 0 Å². The van der Waals surface area contributed by atoms with E-state index in [0.29, 0.717) is 13.2 Å². The highest BCUT2D eigenvalue weighted by Crippen LogP contribution is 2.21. The second-order valence-corrected chi connectivity index (χ2v) is 7.15. The summed E-state index contributed by atoms with van der Waals surface area (Å²) in [4.78, 5) is 1.54. The highest BCUT2D eigenvalue weighted by Gasteiger charge is 2.26. The zero-order valence-electron chi connectivity index (χ0n) is 13.2. The Kier molecular flexibility index (Phi) is 6.14. The smallest absolute Gasteiger partial charge is 0.341 e. The summed E-state index contributed by atoms with van der Waals surface area (Å²) < 4.78 is 53.3. The molecule has 0 aliphatic heterocycles. The van der Waals surface area contributed by atoms with E-state index >= 15 is 0 Å². The van der Waals surface area contributed by atoms with Gasteiger partial charge in [0, 0.05) is 19.3 Å². The molecule has 4 nitrogen and oxygen atoms in total. The minimum Gasteiger partial charge on any atom is -0.494 e. The highest BCUT2D eigenvalue weighted by molar-refractivity contribution is 7.91. The van der Waals surface area contributed by atoms with E-state index in [9.17, 15) is 17.2 Å². The Morgan fingerprint density at radius 3 is 2.25 bits per heavy atom. The highest BCUT2D eigenvalue weighted by atomic mass is 32.2. The molecular weight excluding hydrogens is 336 g/mol. The number of nitrogens with zero attached hydrogens (tertiary/aromatic N) is 1. The van der Waals surface area contributed by atoms with Gasteiger partial charge in [-0.25, -0.2) is 8.42 Å². The molecule has 0 aliphatic carbocycles. The van der Waals surface area contributed by atoms with Gasteiger partial charge in [0.25, 0.3) is 0 Å². The molecule has 2 rings (SSSR count). The maximum atomic E-state index is 12.5. The van der Waals surface area contributed by atoms with Crippen LogP contribution in [0.4, 0.5) is 14.5 Å². The Balaban J connectivity index is 1.85. The van der Waals surface area contributed by atoms with Crippen molar-refractivity contribution in [2.45, 2.75) is 17.1 Å². The van der Waals surface area contributed by atoms with Crippen LogP contribution < -0.4 is 9.64 Å². The second kappa shape index (κ2) is 8.10. The molecular formula is C17H19F2NO3S. The van der Waals surface area contributed by atoms with Gasteiger partial charge in [0.1, 0.15) is 5.75 Å². The first-order valence-corrected chi connectivity index (χ1v) is 8.97. The molecule has 0 bridgehead atoms. The van der Waals surface area contributed by atoms with Crippen LogP contribution in [-0.2, 0) is 9.84 Å². The van der Waals surface area contributed by atoms with E-state index in [1.54, 1.807) is 0 Å². The molecule has 130 valence electrons. The largest absolute Gasteiger partial charge is 0.494 e. The topological polar surface area (TPSA) is 46.6 Å². The number of benzene rings is 2. The summed E-state index contributed by atoms with van der Waals surface area (Å²) in [6, 6.07) is 14.9. The molecule has 0 spiro atoms. The van der Waals surface area contributed by atoms with Crippen molar-refractivity contribution in [2.24, 2.45) is 0 Å². The van der Waals surface area contributed by atoms with Crippen molar-refractivity contribution in [2.75, 3.05) is 25.1 Å². The van der Waals surface area contributed by atoms with Crippen LogP contribution in [0.1, 0.15) is 6.42 Å². The molecule has 2 aromatic carbocycles. The zero-order valence-corrected chi connectivity index (χ0v) is 14.0. The van der Waals surface area contributed by atoms with Crippen molar-refractivity contribution in [3.63, 3.8) is 0 Å². The number of ether oxygens (including phenoxy) is 1. The van der Waals surface area contributed by atoms with Crippen LogP contribution in [-0.4, -0.2) is 34.4 Å². The maximum absolute atomic E-state index is 12.5. The lowest BCUT2D eigenvalue weighted by atomic mass is 10.3. The first-order valence-electron chi connectivity index (χ1n) is 7.42. The normalized spacial score (nSPS) is 11.5. The molecule has 0 aliphatic rings. The Morgan fingerprint density at radius 1 is 1.04 bits per heavy atom. The van der Waals surface area contributed by atoms with Gasteiger partial charge in [-0.15, -0.1) is 0 Å². The fourth-order valence-electron chi connectivity index (χ4n) is 2.13. The van der Waals surface area contributed by atoms with Gasteiger partial charge in [-0.2, -0.15) is 8.78 Å². The molecule has 24 heavy (non-hydrogen) atoms. The monoisotopic (exact) mass is 355 g/mol. The Hall–Kier alpha value is -2.15. The van der Waals surface area contributed by atoms with Crippen LogP contribution in [0.2, 0.25) is 0 Å². The van der Waals surface area contributed by atoms with Crippen LogP contribution >= 0.6 is 0 Å². The van der Waals surface area contributed by atoms with Gasteiger partial charge >= 0.3 is 5.76 Å². The lowest BCUT2D eigenvalue weighted by Gasteiger charge is -2.19. The van der Waals surface area contributed by atoms with Crippen molar-refractivity contribution < 1.29 is 21.9 Å². The van der Waals surface area contributed by atoms with Gasteiger partial charge in [-0.1, -0.05) is 18.2 Å². The standard InChI is InChI=1S/C17H19F2NO3S/c1-20(12-5-13-23-15-6-3-2-4-7-15)14-8-10-16(11-9-14)24(21,22)17(18)19/h2-4,6-11,17H,5,12-13H2,1H3. The van der Waals surface area contributed by atoms with Crippen molar-refractivity contribution in [3.05, 3.63) is 54.6 Å². The number of rotatable bonds is 8. The first kappa shape index (κ1) is 18.2. The van der Waals surface area contributed by atoms with E-state index in [4.69, 9.17) is 4.74 Å². The molecule has 7 heteroatoms. The SMILES string of the molecule is CN(CCCOc1ccccc1)c1ccc(S(=O)(=O)C(F)F)cc1. The predicted octanol–water partition coefficient (Wildman–Crippen LogP) is 3.59. The number of sulfone groups is 1. The van der Waals surface area contributed by atoms with E-state index in [-0.39, 0.29) is 4.90 Å². The Morgan fingerprint density at radius 2 is 1.67 bits per heavy atom. The lowest BCUT2D eigenvalue weighted by molar-refractivity contribution is 0.234. The number of hydrogen-bond acceptors (Lipinski definition) is 4. The van der Waals surface area contributed by atoms with Gasteiger partial charge in [0.2, 0.25) is 9.84 Å². The first-order chi connectivity index (χ1) is 11.4. The van der Waals surface area contributed by atoms with Gasteiger partial charge in [-0.3, -0.25) is 0 Å². The second-order valence-electron chi connectivity index (χ2n) is 5.24. The lowest BCUT2D eigenvalue weighted by Crippen LogP contribution is -2.20. The third kappa shape index (κ3) is 4.67. The average molecular weight is 355 g/mol. The fourth-order valence-corrected chi connectivity index (χ4v) is 2.85. The third-order valence-electron chi connectivity index (χ3n) is 3.49. The van der Waals surface area contributed by atoms with Crippen LogP contribution in [0.25, 0.3) is 0 Å². The summed E-state index contributed by atoms with van der Waals surface area (Å²) in [6.07, 6.45) is 0.766. The Labute approximate surface area is 140 Å². The maximum Gasteiger partial charge on any atom is 0.341 e. The van der Waals surface area contributed by atoms with Gasteiger partial charge < -0.3 is 9.64 Å². The Bertz CT molecular complexity index is 734.